The molecule has 0 saturated carbocycles. The third-order valence-corrected chi connectivity index (χ3v) is 2.42. The predicted molar refractivity (Wildman–Crippen MR) is 46.9 cm³/mol. The van der Waals surface area contributed by atoms with Crippen molar-refractivity contribution >= 4 is 5.91 Å². The summed E-state index contributed by atoms with van der Waals surface area (Å²) in [5.41, 5.74) is -0.648. The summed E-state index contributed by atoms with van der Waals surface area (Å²) in [7, 11) is 1.58. The fourth-order valence-corrected chi connectivity index (χ4v) is 1.39. The Balaban J connectivity index is 2.56. The first-order valence-electron chi connectivity index (χ1n) is 4.42. The number of carbonyl (C=O) groups is 1. The van der Waals surface area contributed by atoms with Crippen molar-refractivity contribution in [3.63, 3.8) is 0 Å². The highest BCUT2D eigenvalue weighted by atomic mass is 16.5. The van der Waals surface area contributed by atoms with Gasteiger partial charge in [0, 0.05) is 20.2 Å². The number of likely N-dealkylation sites (tertiary alicyclic amines) is 1. The fourth-order valence-electron chi connectivity index (χ4n) is 1.39. The van der Waals surface area contributed by atoms with Crippen LogP contribution in [0.4, 0.5) is 0 Å². The van der Waals surface area contributed by atoms with Crippen molar-refractivity contribution in [2.75, 3.05) is 20.2 Å². The monoisotopic (exact) mass is 171 g/mol. The Labute approximate surface area is 73.7 Å². The van der Waals surface area contributed by atoms with E-state index in [1.165, 1.54) is 0 Å². The molecule has 0 spiro atoms. The SMILES string of the molecule is COC(C)(C)C(=O)N1CCCC1. The quantitative estimate of drug-likeness (QED) is 0.621. The van der Waals surface area contributed by atoms with E-state index in [1.54, 1.807) is 7.11 Å². The first-order valence-corrected chi connectivity index (χ1v) is 4.42. The number of hydrogen-bond acceptors (Lipinski definition) is 2. The molecular formula is C9H17NO2. The number of hydrogen-bond donors (Lipinski definition) is 0. The van der Waals surface area contributed by atoms with Crippen LogP contribution in [0.1, 0.15) is 26.7 Å². The Kier molecular flexibility index (Phi) is 2.73. The third kappa shape index (κ3) is 1.78. The van der Waals surface area contributed by atoms with Crippen LogP contribution < -0.4 is 0 Å². The Morgan fingerprint density at radius 1 is 1.33 bits per heavy atom. The minimum Gasteiger partial charge on any atom is -0.369 e. The molecule has 1 heterocycles. The molecule has 0 atom stereocenters. The molecule has 12 heavy (non-hydrogen) atoms. The summed E-state index contributed by atoms with van der Waals surface area (Å²) in [6, 6.07) is 0. The zero-order valence-electron chi connectivity index (χ0n) is 8.09. The molecule has 1 rings (SSSR count). The molecule has 0 aliphatic carbocycles. The summed E-state index contributed by atoms with van der Waals surface area (Å²) in [6.07, 6.45) is 2.26. The molecule has 0 unspecified atom stereocenters. The molecular weight excluding hydrogens is 154 g/mol. The Morgan fingerprint density at radius 3 is 2.25 bits per heavy atom. The second-order valence-corrected chi connectivity index (χ2v) is 3.71. The lowest BCUT2D eigenvalue weighted by molar-refractivity contribution is -0.149. The molecule has 1 amide bonds. The van der Waals surface area contributed by atoms with Crippen molar-refractivity contribution in [3.8, 4) is 0 Å². The van der Waals surface area contributed by atoms with Crippen LogP contribution in [-0.4, -0.2) is 36.6 Å². The molecule has 1 aliphatic rings. The molecule has 3 nitrogen and oxygen atoms in total. The fraction of sp³-hybridized carbons (Fsp3) is 0.889. The molecule has 0 bridgehead atoms. The highest BCUT2D eigenvalue weighted by molar-refractivity contribution is 5.84. The van der Waals surface area contributed by atoms with E-state index in [9.17, 15) is 4.79 Å². The van der Waals surface area contributed by atoms with Gasteiger partial charge in [-0.25, -0.2) is 0 Å². The van der Waals surface area contributed by atoms with Crippen molar-refractivity contribution in [1.82, 2.24) is 4.90 Å². The molecule has 0 radical (unpaired) electrons. The van der Waals surface area contributed by atoms with Crippen LogP contribution in [-0.2, 0) is 9.53 Å². The molecule has 0 N–H and O–H groups in total. The number of methoxy groups -OCH3 is 1. The van der Waals surface area contributed by atoms with Crippen LogP contribution >= 0.6 is 0 Å². The van der Waals surface area contributed by atoms with Crippen molar-refractivity contribution in [3.05, 3.63) is 0 Å². The molecule has 0 aromatic carbocycles. The van der Waals surface area contributed by atoms with E-state index in [-0.39, 0.29) is 5.91 Å². The smallest absolute Gasteiger partial charge is 0.254 e. The maximum atomic E-state index is 11.7. The Morgan fingerprint density at radius 2 is 1.83 bits per heavy atom. The summed E-state index contributed by atoms with van der Waals surface area (Å²) >= 11 is 0. The standard InChI is InChI=1S/C9H17NO2/c1-9(2,12-3)8(11)10-6-4-5-7-10/h4-7H2,1-3H3. The van der Waals surface area contributed by atoms with E-state index in [0.29, 0.717) is 0 Å². The van der Waals surface area contributed by atoms with Gasteiger partial charge in [-0.2, -0.15) is 0 Å². The van der Waals surface area contributed by atoms with E-state index >= 15 is 0 Å². The maximum absolute atomic E-state index is 11.7. The van der Waals surface area contributed by atoms with E-state index in [2.05, 4.69) is 0 Å². The lowest BCUT2D eigenvalue weighted by Gasteiger charge is -2.27. The van der Waals surface area contributed by atoms with Crippen molar-refractivity contribution in [2.24, 2.45) is 0 Å². The van der Waals surface area contributed by atoms with Gasteiger partial charge in [-0.3, -0.25) is 4.79 Å². The van der Waals surface area contributed by atoms with Crippen LogP contribution in [0, 0.1) is 0 Å². The summed E-state index contributed by atoms with van der Waals surface area (Å²) < 4.78 is 5.12. The average molecular weight is 171 g/mol. The summed E-state index contributed by atoms with van der Waals surface area (Å²) in [6.45, 7) is 5.42. The van der Waals surface area contributed by atoms with Crippen LogP contribution in [0.2, 0.25) is 0 Å². The average Bonchev–Trinajstić information content (AvgIpc) is 2.55. The first-order chi connectivity index (χ1) is 5.58. The molecule has 70 valence electrons. The number of ether oxygens (including phenoxy) is 1. The zero-order chi connectivity index (χ0) is 9.19. The number of carbonyl (C=O) groups excluding carboxylic acids is 1. The van der Waals surface area contributed by atoms with E-state index < -0.39 is 5.60 Å². The van der Waals surface area contributed by atoms with Gasteiger partial charge >= 0.3 is 0 Å². The van der Waals surface area contributed by atoms with Gasteiger partial charge in [-0.1, -0.05) is 0 Å². The van der Waals surface area contributed by atoms with E-state index in [1.807, 2.05) is 18.7 Å². The molecule has 1 aliphatic heterocycles. The summed E-state index contributed by atoms with van der Waals surface area (Å²) in [5.74, 6) is 0.113. The van der Waals surface area contributed by atoms with Crippen molar-refractivity contribution in [1.29, 1.82) is 0 Å². The van der Waals surface area contributed by atoms with Crippen molar-refractivity contribution < 1.29 is 9.53 Å². The normalized spacial score (nSPS) is 18.4. The van der Waals surface area contributed by atoms with Gasteiger partial charge < -0.3 is 9.64 Å². The second kappa shape index (κ2) is 3.44. The number of nitrogens with zero attached hydrogens (tertiary/aromatic N) is 1. The molecule has 1 fully saturated rings. The molecule has 1 saturated heterocycles. The summed E-state index contributed by atoms with van der Waals surface area (Å²) in [4.78, 5) is 13.6. The Hall–Kier alpha value is -0.570. The van der Waals surface area contributed by atoms with Gasteiger partial charge in [0.25, 0.3) is 5.91 Å². The lowest BCUT2D eigenvalue weighted by Crippen LogP contribution is -2.45. The number of rotatable bonds is 2. The van der Waals surface area contributed by atoms with Crippen LogP contribution in [0.5, 0.6) is 0 Å². The Bertz CT molecular complexity index is 171. The lowest BCUT2D eigenvalue weighted by atomic mass is 10.1. The van der Waals surface area contributed by atoms with Crippen LogP contribution in [0.3, 0.4) is 0 Å². The maximum Gasteiger partial charge on any atom is 0.254 e. The molecule has 0 aromatic heterocycles. The van der Waals surface area contributed by atoms with Gasteiger partial charge in [0.1, 0.15) is 5.60 Å². The van der Waals surface area contributed by atoms with Gasteiger partial charge in [-0.15, -0.1) is 0 Å². The van der Waals surface area contributed by atoms with Crippen molar-refractivity contribution in [2.45, 2.75) is 32.3 Å². The van der Waals surface area contributed by atoms with Crippen LogP contribution in [0.25, 0.3) is 0 Å². The highest BCUT2D eigenvalue weighted by Gasteiger charge is 2.32. The molecule has 3 heteroatoms. The van der Waals surface area contributed by atoms with Gasteiger partial charge in [0.05, 0.1) is 0 Å². The number of amides is 1. The summed E-state index contributed by atoms with van der Waals surface area (Å²) in [5, 5.41) is 0. The zero-order valence-corrected chi connectivity index (χ0v) is 8.09. The topological polar surface area (TPSA) is 29.5 Å². The largest absolute Gasteiger partial charge is 0.369 e. The van der Waals surface area contributed by atoms with Gasteiger partial charge in [0.15, 0.2) is 0 Å². The minimum atomic E-state index is -0.648. The van der Waals surface area contributed by atoms with E-state index in [4.69, 9.17) is 4.74 Å². The highest BCUT2D eigenvalue weighted by Crippen LogP contribution is 2.16. The first kappa shape index (κ1) is 9.52. The minimum absolute atomic E-state index is 0.113. The van der Waals surface area contributed by atoms with Gasteiger partial charge in [0.2, 0.25) is 0 Å². The van der Waals surface area contributed by atoms with E-state index in [0.717, 1.165) is 25.9 Å². The third-order valence-electron chi connectivity index (χ3n) is 2.42. The predicted octanol–water partition coefficient (Wildman–Crippen LogP) is 1.03. The van der Waals surface area contributed by atoms with Gasteiger partial charge in [-0.05, 0) is 26.7 Å². The van der Waals surface area contributed by atoms with Crippen LogP contribution in [0.15, 0.2) is 0 Å². The second-order valence-electron chi connectivity index (χ2n) is 3.71. The molecule has 0 aromatic rings.